The molecule has 0 radical (unpaired) electrons. The molecule has 0 aromatic heterocycles. The van der Waals surface area contributed by atoms with Crippen molar-refractivity contribution in [3.05, 3.63) is 52.5 Å². The lowest BCUT2D eigenvalue weighted by atomic mass is 10.2. The van der Waals surface area contributed by atoms with Crippen molar-refractivity contribution in [2.45, 2.75) is 18.7 Å². The van der Waals surface area contributed by atoms with Crippen molar-refractivity contribution >= 4 is 33.0 Å². The van der Waals surface area contributed by atoms with E-state index in [1.807, 2.05) is 19.1 Å². The summed E-state index contributed by atoms with van der Waals surface area (Å²) in [4.78, 5) is 0.0846. The van der Waals surface area contributed by atoms with E-state index >= 15 is 0 Å². The molecule has 2 N–H and O–H groups in total. The fourth-order valence-corrected chi connectivity index (χ4v) is 3.64. The van der Waals surface area contributed by atoms with Crippen LogP contribution >= 0.6 is 11.6 Å². The molecule has 2 rings (SSSR count). The molecule has 0 bridgehead atoms. The van der Waals surface area contributed by atoms with Crippen LogP contribution in [0.25, 0.3) is 0 Å². The van der Waals surface area contributed by atoms with Crippen molar-refractivity contribution in [2.24, 2.45) is 0 Å². The zero-order valence-corrected chi connectivity index (χ0v) is 13.7. The van der Waals surface area contributed by atoms with Gasteiger partial charge in [-0.15, -0.1) is 0 Å². The molecule has 0 unspecified atom stereocenters. The summed E-state index contributed by atoms with van der Waals surface area (Å²) in [5.41, 5.74) is 8.34. The number of nitrogens with zero attached hydrogens (tertiary/aromatic N) is 1. The third-order valence-corrected chi connectivity index (χ3v) is 5.61. The van der Waals surface area contributed by atoms with Gasteiger partial charge in [0, 0.05) is 17.8 Å². The summed E-state index contributed by atoms with van der Waals surface area (Å²) in [7, 11) is -2.19. The summed E-state index contributed by atoms with van der Waals surface area (Å²) in [5.74, 6) is 0. The second-order valence-electron chi connectivity index (χ2n) is 4.88. The minimum absolute atomic E-state index is 0.0846. The summed E-state index contributed by atoms with van der Waals surface area (Å²) >= 11 is 6.04. The molecule has 0 saturated carbocycles. The number of benzene rings is 2. The summed E-state index contributed by atoms with van der Waals surface area (Å²) < 4.78 is 26.7. The lowest BCUT2D eigenvalue weighted by Gasteiger charge is -2.22. The van der Waals surface area contributed by atoms with Crippen LogP contribution in [0.5, 0.6) is 0 Å². The molecule has 0 saturated heterocycles. The van der Waals surface area contributed by atoms with Gasteiger partial charge in [-0.1, -0.05) is 29.8 Å². The monoisotopic (exact) mass is 324 g/mol. The van der Waals surface area contributed by atoms with Crippen molar-refractivity contribution < 1.29 is 8.42 Å². The largest absolute Gasteiger partial charge is 0.398 e. The number of rotatable bonds is 3. The Kier molecular flexibility index (Phi) is 4.16. The van der Waals surface area contributed by atoms with E-state index in [0.717, 1.165) is 5.56 Å². The number of sulfonamides is 1. The van der Waals surface area contributed by atoms with E-state index in [0.29, 0.717) is 22.0 Å². The molecule has 6 heteroatoms. The standard InChI is InChI=1S/C15H17ClN2O2S/c1-10-6-4-5-7-15(10)18(3)21(19,20)12-8-13(16)11(2)14(17)9-12/h4-9H,17H2,1-3H3. The Morgan fingerprint density at radius 3 is 2.33 bits per heavy atom. The van der Waals surface area contributed by atoms with Gasteiger partial charge >= 0.3 is 0 Å². The second-order valence-corrected chi connectivity index (χ2v) is 7.25. The summed E-state index contributed by atoms with van der Waals surface area (Å²) in [5, 5.41) is 0.340. The van der Waals surface area contributed by atoms with Crippen LogP contribution in [0, 0.1) is 13.8 Å². The first-order valence-corrected chi connectivity index (χ1v) is 8.17. The molecule has 2 aromatic rings. The molecule has 0 fully saturated rings. The van der Waals surface area contributed by atoms with Gasteiger partial charge in [-0.05, 0) is 43.2 Å². The van der Waals surface area contributed by atoms with Gasteiger partial charge in [-0.3, -0.25) is 4.31 Å². The quantitative estimate of drug-likeness (QED) is 0.880. The van der Waals surface area contributed by atoms with Gasteiger partial charge in [-0.2, -0.15) is 0 Å². The van der Waals surface area contributed by atoms with Crippen LogP contribution in [0.2, 0.25) is 5.02 Å². The SMILES string of the molecule is Cc1ccccc1N(C)S(=O)(=O)c1cc(N)c(C)c(Cl)c1. The Bertz CT molecular complexity index is 765. The minimum Gasteiger partial charge on any atom is -0.398 e. The summed E-state index contributed by atoms with van der Waals surface area (Å²) in [6.07, 6.45) is 0. The highest BCUT2D eigenvalue weighted by atomic mass is 35.5. The van der Waals surface area contributed by atoms with Crippen LogP contribution in [0.3, 0.4) is 0 Å². The van der Waals surface area contributed by atoms with Crippen LogP contribution in [0.1, 0.15) is 11.1 Å². The first kappa shape index (κ1) is 15.7. The number of anilines is 2. The smallest absolute Gasteiger partial charge is 0.264 e. The van der Waals surface area contributed by atoms with Crippen molar-refractivity contribution in [2.75, 3.05) is 17.1 Å². The third kappa shape index (κ3) is 2.84. The zero-order chi connectivity index (χ0) is 15.8. The van der Waals surface area contributed by atoms with E-state index in [9.17, 15) is 8.42 Å². The van der Waals surface area contributed by atoms with E-state index in [2.05, 4.69) is 0 Å². The maximum atomic E-state index is 12.7. The fourth-order valence-electron chi connectivity index (χ4n) is 2.03. The van der Waals surface area contributed by atoms with E-state index in [-0.39, 0.29) is 4.90 Å². The molecule has 0 atom stereocenters. The normalized spacial score (nSPS) is 11.4. The van der Waals surface area contributed by atoms with Crippen LogP contribution < -0.4 is 10.0 Å². The molecule has 21 heavy (non-hydrogen) atoms. The molecular weight excluding hydrogens is 308 g/mol. The highest BCUT2D eigenvalue weighted by molar-refractivity contribution is 7.92. The molecule has 0 spiro atoms. The predicted octanol–water partition coefficient (Wildman–Crippen LogP) is 3.36. The zero-order valence-electron chi connectivity index (χ0n) is 12.1. The number of para-hydroxylation sites is 1. The summed E-state index contributed by atoms with van der Waals surface area (Å²) in [6, 6.07) is 10.1. The van der Waals surface area contributed by atoms with Gasteiger partial charge in [-0.25, -0.2) is 8.42 Å². The molecule has 112 valence electrons. The van der Waals surface area contributed by atoms with E-state index < -0.39 is 10.0 Å². The van der Waals surface area contributed by atoms with Gasteiger partial charge in [0.15, 0.2) is 0 Å². The number of hydrogen-bond donors (Lipinski definition) is 1. The molecule has 0 aliphatic rings. The second kappa shape index (κ2) is 5.58. The lowest BCUT2D eigenvalue weighted by molar-refractivity contribution is 0.594. The van der Waals surface area contributed by atoms with Gasteiger partial charge in [0.25, 0.3) is 10.0 Å². The van der Waals surface area contributed by atoms with Gasteiger partial charge < -0.3 is 5.73 Å². The summed E-state index contributed by atoms with van der Waals surface area (Å²) in [6.45, 7) is 3.61. The first-order valence-electron chi connectivity index (χ1n) is 6.35. The van der Waals surface area contributed by atoms with Crippen molar-refractivity contribution in [1.29, 1.82) is 0 Å². The predicted molar refractivity (Wildman–Crippen MR) is 87.4 cm³/mol. The van der Waals surface area contributed by atoms with E-state index in [1.165, 1.54) is 23.5 Å². The van der Waals surface area contributed by atoms with Crippen molar-refractivity contribution in [1.82, 2.24) is 0 Å². The number of nitrogen functional groups attached to an aromatic ring is 1. The maximum absolute atomic E-state index is 12.7. The molecule has 2 aromatic carbocycles. The average molecular weight is 325 g/mol. The lowest BCUT2D eigenvalue weighted by Crippen LogP contribution is -2.27. The number of aryl methyl sites for hydroxylation is 1. The van der Waals surface area contributed by atoms with Crippen LogP contribution in [-0.2, 0) is 10.0 Å². The fraction of sp³-hybridized carbons (Fsp3) is 0.200. The Labute approximate surface area is 130 Å². The maximum Gasteiger partial charge on any atom is 0.264 e. The Hall–Kier alpha value is -1.72. The topological polar surface area (TPSA) is 63.4 Å². The molecule has 0 amide bonds. The van der Waals surface area contributed by atoms with Crippen LogP contribution in [0.4, 0.5) is 11.4 Å². The van der Waals surface area contributed by atoms with Crippen LogP contribution in [-0.4, -0.2) is 15.5 Å². The number of hydrogen-bond acceptors (Lipinski definition) is 3. The van der Waals surface area contributed by atoms with E-state index in [1.54, 1.807) is 19.1 Å². The third-order valence-electron chi connectivity index (χ3n) is 3.47. The van der Waals surface area contributed by atoms with Crippen LogP contribution in [0.15, 0.2) is 41.3 Å². The molecule has 0 aliphatic heterocycles. The average Bonchev–Trinajstić information content (AvgIpc) is 2.44. The molecule has 0 heterocycles. The number of halogens is 1. The van der Waals surface area contributed by atoms with E-state index in [4.69, 9.17) is 17.3 Å². The van der Waals surface area contributed by atoms with Gasteiger partial charge in [0.05, 0.1) is 10.6 Å². The molecular formula is C15H17ClN2O2S. The first-order chi connectivity index (χ1) is 9.75. The molecule has 0 aliphatic carbocycles. The van der Waals surface area contributed by atoms with Crippen molar-refractivity contribution in [3.8, 4) is 0 Å². The van der Waals surface area contributed by atoms with Crippen molar-refractivity contribution in [3.63, 3.8) is 0 Å². The Balaban J connectivity index is 2.55. The highest BCUT2D eigenvalue weighted by Gasteiger charge is 2.23. The minimum atomic E-state index is -3.71. The Morgan fingerprint density at radius 2 is 1.76 bits per heavy atom. The molecule has 4 nitrogen and oxygen atoms in total. The van der Waals surface area contributed by atoms with Gasteiger partial charge in [0.2, 0.25) is 0 Å². The number of nitrogens with two attached hydrogens (primary N) is 1. The highest BCUT2D eigenvalue weighted by Crippen LogP contribution is 2.30. The Morgan fingerprint density at radius 1 is 1.14 bits per heavy atom. The van der Waals surface area contributed by atoms with Gasteiger partial charge in [0.1, 0.15) is 0 Å².